The lowest BCUT2D eigenvalue weighted by atomic mass is 10.1. The van der Waals surface area contributed by atoms with Crippen LogP contribution in [-0.4, -0.2) is 38.1 Å². The molecule has 1 atom stereocenters. The van der Waals surface area contributed by atoms with Crippen molar-refractivity contribution in [2.75, 3.05) is 27.3 Å². The number of hydrogen-bond donors (Lipinski definition) is 0. The van der Waals surface area contributed by atoms with Crippen molar-refractivity contribution < 1.29 is 14.3 Å². The van der Waals surface area contributed by atoms with Crippen LogP contribution in [0.4, 0.5) is 0 Å². The highest BCUT2D eigenvalue weighted by atomic mass is 16.5. The standard InChI is InChI=1S/C15H18N2O3/c1-19-13-4-3-11(7-14(13)20-2)5-6-17-10-12(9-16)8-15(17)18/h3-4,7,12H,5-6,8,10H2,1-2H3/t12-/m1/s1. The maximum absolute atomic E-state index is 11.7. The largest absolute Gasteiger partial charge is 0.493 e. The first kappa shape index (κ1) is 14.2. The number of carbonyl (C=O) groups excluding carboxylic acids is 1. The van der Waals surface area contributed by atoms with Gasteiger partial charge in [0.15, 0.2) is 11.5 Å². The highest BCUT2D eigenvalue weighted by Gasteiger charge is 2.28. The van der Waals surface area contributed by atoms with Gasteiger partial charge in [-0.1, -0.05) is 6.07 Å². The summed E-state index contributed by atoms with van der Waals surface area (Å²) in [6.45, 7) is 1.18. The molecule has 5 heteroatoms. The SMILES string of the molecule is COc1ccc(CCN2C[C@@H](C#N)CC2=O)cc1OC. The summed E-state index contributed by atoms with van der Waals surface area (Å²) in [5, 5.41) is 8.85. The molecular weight excluding hydrogens is 256 g/mol. The predicted octanol–water partition coefficient (Wildman–Crippen LogP) is 1.62. The van der Waals surface area contributed by atoms with E-state index in [1.807, 2.05) is 18.2 Å². The number of amides is 1. The average Bonchev–Trinajstić information content (AvgIpc) is 2.85. The first-order valence-corrected chi connectivity index (χ1v) is 6.56. The fraction of sp³-hybridized carbons (Fsp3) is 0.467. The van der Waals surface area contributed by atoms with Gasteiger partial charge < -0.3 is 14.4 Å². The minimum absolute atomic E-state index is 0.0667. The van der Waals surface area contributed by atoms with Crippen LogP contribution in [0.2, 0.25) is 0 Å². The van der Waals surface area contributed by atoms with Gasteiger partial charge >= 0.3 is 0 Å². The summed E-state index contributed by atoms with van der Waals surface area (Å²) in [6.07, 6.45) is 1.09. The molecule has 0 aromatic heterocycles. The Morgan fingerprint density at radius 2 is 2.10 bits per heavy atom. The number of ether oxygens (including phenoxy) is 2. The van der Waals surface area contributed by atoms with Crippen LogP contribution >= 0.6 is 0 Å². The molecule has 106 valence electrons. The first-order valence-electron chi connectivity index (χ1n) is 6.56. The fourth-order valence-electron chi connectivity index (χ4n) is 2.37. The van der Waals surface area contributed by atoms with Gasteiger partial charge in [0, 0.05) is 19.5 Å². The van der Waals surface area contributed by atoms with E-state index >= 15 is 0 Å². The molecular formula is C15H18N2O3. The molecule has 0 N–H and O–H groups in total. The molecule has 5 nitrogen and oxygen atoms in total. The van der Waals surface area contributed by atoms with Crippen molar-refractivity contribution in [3.63, 3.8) is 0 Å². The van der Waals surface area contributed by atoms with Crippen LogP contribution in [0, 0.1) is 17.2 Å². The maximum Gasteiger partial charge on any atom is 0.224 e. The third kappa shape index (κ3) is 3.02. The second-order valence-corrected chi connectivity index (χ2v) is 4.81. The van der Waals surface area contributed by atoms with Crippen LogP contribution < -0.4 is 9.47 Å². The predicted molar refractivity (Wildman–Crippen MR) is 73.6 cm³/mol. The Morgan fingerprint density at radius 3 is 2.70 bits per heavy atom. The van der Waals surface area contributed by atoms with E-state index in [1.54, 1.807) is 19.1 Å². The Kier molecular flexibility index (Phi) is 4.46. The van der Waals surface area contributed by atoms with Crippen LogP contribution in [0.5, 0.6) is 11.5 Å². The van der Waals surface area contributed by atoms with E-state index < -0.39 is 0 Å². The molecule has 0 unspecified atom stereocenters. The van der Waals surface area contributed by atoms with Crippen LogP contribution in [0.15, 0.2) is 18.2 Å². The lowest BCUT2D eigenvalue weighted by Crippen LogP contribution is -2.27. The highest BCUT2D eigenvalue weighted by molar-refractivity contribution is 5.79. The number of rotatable bonds is 5. The number of methoxy groups -OCH3 is 2. The summed E-state index contributed by atoms with van der Waals surface area (Å²) >= 11 is 0. The van der Waals surface area contributed by atoms with Crippen molar-refractivity contribution in [2.45, 2.75) is 12.8 Å². The molecule has 1 heterocycles. The molecule has 0 spiro atoms. The topological polar surface area (TPSA) is 62.6 Å². The van der Waals surface area contributed by atoms with Crippen molar-refractivity contribution in [3.8, 4) is 17.6 Å². The third-order valence-corrected chi connectivity index (χ3v) is 3.52. The summed E-state index contributed by atoms with van der Waals surface area (Å²) < 4.78 is 10.4. The van der Waals surface area contributed by atoms with E-state index in [2.05, 4.69) is 6.07 Å². The molecule has 0 aliphatic carbocycles. The van der Waals surface area contributed by atoms with Crippen LogP contribution in [0.1, 0.15) is 12.0 Å². The third-order valence-electron chi connectivity index (χ3n) is 3.52. The van der Waals surface area contributed by atoms with Gasteiger partial charge in [-0.2, -0.15) is 5.26 Å². The lowest BCUT2D eigenvalue weighted by molar-refractivity contribution is -0.127. The minimum atomic E-state index is -0.159. The fourth-order valence-corrected chi connectivity index (χ4v) is 2.37. The minimum Gasteiger partial charge on any atom is -0.493 e. The summed E-state index contributed by atoms with van der Waals surface area (Å²) in [6, 6.07) is 7.90. The first-order chi connectivity index (χ1) is 9.67. The van der Waals surface area contributed by atoms with Gasteiger partial charge in [0.1, 0.15) is 0 Å². The number of carbonyl (C=O) groups is 1. The average molecular weight is 274 g/mol. The van der Waals surface area contributed by atoms with Gasteiger partial charge in [-0.05, 0) is 24.1 Å². The van der Waals surface area contributed by atoms with Crippen molar-refractivity contribution in [1.29, 1.82) is 5.26 Å². The zero-order chi connectivity index (χ0) is 14.5. The Morgan fingerprint density at radius 1 is 1.35 bits per heavy atom. The van der Waals surface area contributed by atoms with Crippen molar-refractivity contribution in [2.24, 2.45) is 5.92 Å². The maximum atomic E-state index is 11.7. The Labute approximate surface area is 118 Å². The molecule has 1 aliphatic rings. The van der Waals surface area contributed by atoms with E-state index in [4.69, 9.17) is 14.7 Å². The normalized spacial score (nSPS) is 17.9. The Bertz CT molecular complexity index is 536. The van der Waals surface area contributed by atoms with Crippen LogP contribution in [0.25, 0.3) is 0 Å². The smallest absolute Gasteiger partial charge is 0.224 e. The number of likely N-dealkylation sites (tertiary alicyclic amines) is 1. The molecule has 1 aromatic rings. The zero-order valence-corrected chi connectivity index (χ0v) is 11.8. The number of hydrogen-bond acceptors (Lipinski definition) is 4. The van der Waals surface area contributed by atoms with Gasteiger partial charge in [0.25, 0.3) is 0 Å². The summed E-state index contributed by atoms with van der Waals surface area (Å²) in [7, 11) is 3.20. The molecule has 1 aromatic carbocycles. The second kappa shape index (κ2) is 6.29. The molecule has 1 saturated heterocycles. The van der Waals surface area contributed by atoms with Crippen molar-refractivity contribution in [1.82, 2.24) is 4.90 Å². The summed E-state index contributed by atoms with van der Waals surface area (Å²) in [5.41, 5.74) is 1.08. The zero-order valence-electron chi connectivity index (χ0n) is 11.8. The highest BCUT2D eigenvalue weighted by Crippen LogP contribution is 2.28. The number of nitrogens with zero attached hydrogens (tertiary/aromatic N) is 2. The van der Waals surface area contributed by atoms with Crippen molar-refractivity contribution in [3.05, 3.63) is 23.8 Å². The molecule has 0 saturated carbocycles. The van der Waals surface area contributed by atoms with Gasteiger partial charge in [-0.3, -0.25) is 4.79 Å². The summed E-state index contributed by atoms with van der Waals surface area (Å²) in [5.74, 6) is 1.29. The molecule has 1 fully saturated rings. The number of nitriles is 1. The van der Waals surface area contributed by atoms with Gasteiger partial charge in [-0.25, -0.2) is 0 Å². The van der Waals surface area contributed by atoms with Crippen LogP contribution in [-0.2, 0) is 11.2 Å². The lowest BCUT2D eigenvalue weighted by Gasteiger charge is -2.16. The van der Waals surface area contributed by atoms with Gasteiger partial charge in [-0.15, -0.1) is 0 Å². The van der Waals surface area contributed by atoms with Gasteiger partial charge in [0.05, 0.1) is 26.2 Å². The monoisotopic (exact) mass is 274 g/mol. The van der Waals surface area contributed by atoms with E-state index in [0.717, 1.165) is 12.0 Å². The molecule has 2 rings (SSSR count). The molecule has 1 aliphatic heterocycles. The van der Waals surface area contributed by atoms with Crippen molar-refractivity contribution >= 4 is 5.91 Å². The molecule has 1 amide bonds. The Hall–Kier alpha value is -2.22. The second-order valence-electron chi connectivity index (χ2n) is 4.81. The molecule has 0 radical (unpaired) electrons. The quantitative estimate of drug-likeness (QED) is 0.818. The Balaban J connectivity index is 1.98. The van der Waals surface area contributed by atoms with E-state index in [1.165, 1.54) is 0 Å². The molecule has 0 bridgehead atoms. The van der Waals surface area contributed by atoms with Crippen LogP contribution in [0.3, 0.4) is 0 Å². The van der Waals surface area contributed by atoms with E-state index in [9.17, 15) is 4.79 Å². The van der Waals surface area contributed by atoms with Gasteiger partial charge in [0.2, 0.25) is 5.91 Å². The van der Waals surface area contributed by atoms with E-state index in [-0.39, 0.29) is 11.8 Å². The van der Waals surface area contributed by atoms with E-state index in [0.29, 0.717) is 31.0 Å². The number of benzene rings is 1. The summed E-state index contributed by atoms with van der Waals surface area (Å²) in [4.78, 5) is 13.5. The molecule has 20 heavy (non-hydrogen) atoms.